The van der Waals surface area contributed by atoms with Crippen LogP contribution in [-0.4, -0.2) is 26.3 Å². The number of anilines is 2. The average molecular weight is 288 g/mol. The Balaban J connectivity index is 2.22. The van der Waals surface area contributed by atoms with Gasteiger partial charge in [0, 0.05) is 19.3 Å². The lowest BCUT2D eigenvalue weighted by Crippen LogP contribution is -2.18. The molecular formula is C14H14ClN5. The number of fused-ring (bicyclic) bond motifs is 1. The Morgan fingerprint density at radius 1 is 1.20 bits per heavy atom. The number of aryl methyl sites for hydroxylation is 1. The summed E-state index contributed by atoms with van der Waals surface area (Å²) in [6.45, 7) is 2.85. The molecule has 20 heavy (non-hydrogen) atoms. The predicted octanol–water partition coefficient (Wildman–Crippen LogP) is 3.17. The van der Waals surface area contributed by atoms with Crippen molar-refractivity contribution in [2.75, 3.05) is 11.4 Å². The average Bonchev–Trinajstić information content (AvgIpc) is 2.82. The van der Waals surface area contributed by atoms with Crippen LogP contribution < -0.4 is 4.90 Å². The molecule has 2 aromatic heterocycles. The molecule has 0 fully saturated rings. The van der Waals surface area contributed by atoms with E-state index in [1.807, 2.05) is 37.4 Å². The molecule has 2 heterocycles. The zero-order valence-electron chi connectivity index (χ0n) is 11.3. The number of hydrogen-bond donors (Lipinski definition) is 0. The number of halogens is 1. The summed E-state index contributed by atoms with van der Waals surface area (Å²) in [4.78, 5) is 10.7. The van der Waals surface area contributed by atoms with E-state index in [1.54, 1.807) is 10.9 Å². The van der Waals surface area contributed by atoms with Gasteiger partial charge in [-0.25, -0.2) is 0 Å². The molecule has 0 N–H and O–H groups in total. The monoisotopic (exact) mass is 287 g/mol. The van der Waals surface area contributed by atoms with E-state index in [0.717, 1.165) is 29.1 Å². The van der Waals surface area contributed by atoms with Crippen LogP contribution in [-0.2, 0) is 7.05 Å². The van der Waals surface area contributed by atoms with Crippen LogP contribution >= 0.6 is 11.6 Å². The summed E-state index contributed by atoms with van der Waals surface area (Å²) >= 11 is 6.05. The number of para-hydroxylation sites is 1. The maximum absolute atomic E-state index is 6.05. The van der Waals surface area contributed by atoms with Gasteiger partial charge >= 0.3 is 0 Å². The second-order valence-electron chi connectivity index (χ2n) is 4.40. The van der Waals surface area contributed by atoms with E-state index in [1.165, 1.54) is 0 Å². The Kier molecular flexibility index (Phi) is 3.28. The molecule has 6 heteroatoms. The van der Waals surface area contributed by atoms with Crippen LogP contribution in [0.15, 0.2) is 36.5 Å². The molecule has 3 aromatic rings. The molecule has 0 aliphatic heterocycles. The molecule has 0 spiro atoms. The molecule has 0 atom stereocenters. The molecule has 1 aromatic carbocycles. The van der Waals surface area contributed by atoms with Crippen molar-refractivity contribution in [1.29, 1.82) is 0 Å². The molecule has 0 aliphatic rings. The summed E-state index contributed by atoms with van der Waals surface area (Å²) in [6.07, 6.45) is 1.77. The molecule has 0 bridgehead atoms. The lowest BCUT2D eigenvalue weighted by molar-refractivity contribution is 0.785. The minimum absolute atomic E-state index is 0.227. The first-order valence-electron chi connectivity index (χ1n) is 6.38. The highest BCUT2D eigenvalue weighted by Crippen LogP contribution is 2.30. The lowest BCUT2D eigenvalue weighted by atomic mass is 10.2. The van der Waals surface area contributed by atoms with E-state index in [0.29, 0.717) is 0 Å². The third kappa shape index (κ3) is 2.10. The van der Waals surface area contributed by atoms with Crippen molar-refractivity contribution in [2.45, 2.75) is 6.92 Å². The van der Waals surface area contributed by atoms with Crippen LogP contribution in [0.2, 0.25) is 5.28 Å². The topological polar surface area (TPSA) is 46.8 Å². The van der Waals surface area contributed by atoms with Gasteiger partial charge in [-0.05, 0) is 30.7 Å². The van der Waals surface area contributed by atoms with Gasteiger partial charge in [0.2, 0.25) is 5.28 Å². The zero-order valence-corrected chi connectivity index (χ0v) is 12.0. The Labute approximate surface area is 121 Å². The third-order valence-electron chi connectivity index (χ3n) is 3.18. The smallest absolute Gasteiger partial charge is 0.226 e. The third-order valence-corrected chi connectivity index (χ3v) is 3.35. The Morgan fingerprint density at radius 2 is 1.95 bits per heavy atom. The first kappa shape index (κ1) is 12.9. The zero-order chi connectivity index (χ0) is 14.1. The van der Waals surface area contributed by atoms with Crippen LogP contribution in [0.5, 0.6) is 0 Å². The first-order valence-corrected chi connectivity index (χ1v) is 6.76. The van der Waals surface area contributed by atoms with E-state index in [-0.39, 0.29) is 5.28 Å². The number of nitrogens with zero attached hydrogens (tertiary/aromatic N) is 5. The van der Waals surface area contributed by atoms with E-state index < -0.39 is 0 Å². The molecule has 0 unspecified atom stereocenters. The van der Waals surface area contributed by atoms with Crippen molar-refractivity contribution < 1.29 is 0 Å². The quantitative estimate of drug-likeness (QED) is 0.694. The fraction of sp³-hybridized carbons (Fsp3) is 0.214. The molecule has 0 radical (unpaired) electrons. The molecule has 102 valence electrons. The fourth-order valence-electron chi connectivity index (χ4n) is 2.25. The standard InChI is InChI=1S/C14H14ClN5/c1-3-20(10-7-5-4-6-8-10)13-11-9-16-19(2)12(11)17-14(15)18-13/h4-9H,3H2,1-2H3. The predicted molar refractivity (Wildman–Crippen MR) is 80.4 cm³/mol. The molecule has 5 nitrogen and oxygen atoms in total. The molecule has 0 amide bonds. The van der Waals surface area contributed by atoms with Crippen molar-refractivity contribution in [3.05, 3.63) is 41.8 Å². The van der Waals surface area contributed by atoms with Gasteiger partial charge in [-0.15, -0.1) is 0 Å². The van der Waals surface area contributed by atoms with Gasteiger partial charge < -0.3 is 4.90 Å². The van der Waals surface area contributed by atoms with Crippen LogP contribution in [0.3, 0.4) is 0 Å². The summed E-state index contributed by atoms with van der Waals surface area (Å²) in [5.74, 6) is 0.779. The summed E-state index contributed by atoms with van der Waals surface area (Å²) < 4.78 is 1.70. The van der Waals surface area contributed by atoms with Gasteiger partial charge in [0.1, 0.15) is 5.82 Å². The molecule has 0 aliphatic carbocycles. The maximum Gasteiger partial charge on any atom is 0.226 e. The number of rotatable bonds is 3. The van der Waals surface area contributed by atoms with Gasteiger partial charge in [0.15, 0.2) is 5.65 Å². The van der Waals surface area contributed by atoms with Crippen molar-refractivity contribution in [1.82, 2.24) is 19.7 Å². The Bertz CT molecular complexity index is 738. The van der Waals surface area contributed by atoms with E-state index in [2.05, 4.69) is 26.9 Å². The fourth-order valence-corrected chi connectivity index (χ4v) is 2.41. The van der Waals surface area contributed by atoms with Crippen LogP contribution in [0, 0.1) is 0 Å². The van der Waals surface area contributed by atoms with Crippen molar-refractivity contribution in [3.8, 4) is 0 Å². The van der Waals surface area contributed by atoms with Gasteiger partial charge in [0.05, 0.1) is 11.6 Å². The summed E-state index contributed by atoms with van der Waals surface area (Å²) in [7, 11) is 1.84. The van der Waals surface area contributed by atoms with Gasteiger partial charge in [-0.2, -0.15) is 15.1 Å². The highest BCUT2D eigenvalue weighted by atomic mass is 35.5. The molecule has 0 saturated heterocycles. The summed E-state index contributed by atoms with van der Waals surface area (Å²) in [5.41, 5.74) is 1.80. The number of hydrogen-bond acceptors (Lipinski definition) is 4. The van der Waals surface area contributed by atoms with E-state index in [9.17, 15) is 0 Å². The Morgan fingerprint density at radius 3 is 2.65 bits per heavy atom. The van der Waals surface area contributed by atoms with E-state index >= 15 is 0 Å². The largest absolute Gasteiger partial charge is 0.326 e. The van der Waals surface area contributed by atoms with Crippen molar-refractivity contribution >= 4 is 34.1 Å². The minimum atomic E-state index is 0.227. The summed E-state index contributed by atoms with van der Waals surface area (Å²) in [6, 6.07) is 10.1. The maximum atomic E-state index is 6.05. The molecule has 3 rings (SSSR count). The SMILES string of the molecule is CCN(c1ccccc1)c1nc(Cl)nc2c1cnn2C. The molecular weight excluding hydrogens is 274 g/mol. The number of aromatic nitrogens is 4. The van der Waals surface area contributed by atoms with Crippen LogP contribution in [0.25, 0.3) is 11.0 Å². The van der Waals surface area contributed by atoms with Gasteiger partial charge in [-0.3, -0.25) is 4.68 Å². The van der Waals surface area contributed by atoms with Crippen molar-refractivity contribution in [3.63, 3.8) is 0 Å². The van der Waals surface area contributed by atoms with Gasteiger partial charge in [0.25, 0.3) is 0 Å². The number of benzene rings is 1. The van der Waals surface area contributed by atoms with E-state index in [4.69, 9.17) is 11.6 Å². The second-order valence-corrected chi connectivity index (χ2v) is 4.74. The lowest BCUT2D eigenvalue weighted by Gasteiger charge is -2.22. The van der Waals surface area contributed by atoms with Crippen LogP contribution in [0.4, 0.5) is 11.5 Å². The summed E-state index contributed by atoms with van der Waals surface area (Å²) in [5, 5.41) is 5.36. The molecule has 0 saturated carbocycles. The van der Waals surface area contributed by atoms with Crippen molar-refractivity contribution in [2.24, 2.45) is 7.05 Å². The van der Waals surface area contributed by atoms with Crippen LogP contribution in [0.1, 0.15) is 6.92 Å². The first-order chi connectivity index (χ1) is 9.70. The highest BCUT2D eigenvalue weighted by molar-refractivity contribution is 6.28. The normalized spacial score (nSPS) is 10.9. The van der Waals surface area contributed by atoms with Gasteiger partial charge in [-0.1, -0.05) is 18.2 Å². The highest BCUT2D eigenvalue weighted by Gasteiger charge is 2.16. The minimum Gasteiger partial charge on any atom is -0.326 e. The Hall–Kier alpha value is -2.14. The second kappa shape index (κ2) is 5.09.